The Hall–Kier alpha value is -0.940. The van der Waals surface area contributed by atoms with Crippen LogP contribution in [0.3, 0.4) is 0 Å². The van der Waals surface area contributed by atoms with E-state index in [1.165, 1.54) is 0 Å². The maximum Gasteiger partial charge on any atom is 0.0862 e. The zero-order valence-corrected chi connectivity index (χ0v) is 7.36. The lowest BCUT2D eigenvalue weighted by Crippen LogP contribution is -2.41. The lowest BCUT2D eigenvalue weighted by atomic mass is 10.1. The number of hydrogen-bond acceptors (Lipinski definition) is 4. The highest BCUT2D eigenvalue weighted by Crippen LogP contribution is 2.05. The van der Waals surface area contributed by atoms with E-state index < -0.39 is 0 Å². The predicted molar refractivity (Wildman–Crippen MR) is 47.0 cm³/mol. The van der Waals surface area contributed by atoms with E-state index in [1.807, 2.05) is 0 Å². The topological polar surface area (TPSA) is 62.8 Å². The molecule has 1 unspecified atom stereocenters. The fraction of sp³-hybridized carbons (Fsp3) is 0.625. The number of H-pyrrole nitrogens is 1. The molecule has 0 saturated carbocycles. The van der Waals surface area contributed by atoms with Crippen LogP contribution in [0.15, 0.2) is 6.20 Å². The fourth-order valence-electron chi connectivity index (χ4n) is 1.34. The lowest BCUT2D eigenvalue weighted by Gasteiger charge is -2.23. The third-order valence-electron chi connectivity index (χ3n) is 2.05. The molecule has 1 aromatic rings. The molecule has 2 heterocycles. The van der Waals surface area contributed by atoms with Crippen molar-refractivity contribution in [2.24, 2.45) is 0 Å². The van der Waals surface area contributed by atoms with Crippen LogP contribution < -0.4 is 5.32 Å². The molecule has 0 aromatic carbocycles. The van der Waals surface area contributed by atoms with E-state index in [0.717, 1.165) is 31.9 Å². The molecule has 0 aliphatic carbocycles. The third-order valence-corrected chi connectivity index (χ3v) is 2.05. The van der Waals surface area contributed by atoms with Gasteiger partial charge in [0.05, 0.1) is 18.9 Å². The second kappa shape index (κ2) is 4.34. The van der Waals surface area contributed by atoms with Crippen molar-refractivity contribution in [3.8, 4) is 0 Å². The average Bonchev–Trinajstić information content (AvgIpc) is 2.69. The van der Waals surface area contributed by atoms with Gasteiger partial charge in [-0.15, -0.1) is 5.10 Å². The van der Waals surface area contributed by atoms with Crippen molar-refractivity contribution in [2.75, 3.05) is 19.8 Å². The molecule has 0 spiro atoms. The molecule has 1 aliphatic rings. The Kier molecular flexibility index (Phi) is 2.89. The minimum atomic E-state index is 0.422. The van der Waals surface area contributed by atoms with Crippen molar-refractivity contribution < 1.29 is 4.74 Å². The molecule has 5 heteroatoms. The standard InChI is InChI=1S/C8H13N4O/c1(7-5-10-12-11-7)2-8-6-13-4-3-9-8/h1,5,8-9H,2-4,6H2,(H,10,11,12). The lowest BCUT2D eigenvalue weighted by molar-refractivity contribution is 0.0769. The second-order valence-electron chi connectivity index (χ2n) is 3.06. The Morgan fingerprint density at radius 2 is 2.69 bits per heavy atom. The average molecular weight is 181 g/mol. The third kappa shape index (κ3) is 2.50. The van der Waals surface area contributed by atoms with E-state index in [4.69, 9.17) is 4.74 Å². The summed E-state index contributed by atoms with van der Waals surface area (Å²) in [5.41, 5.74) is 0.896. The van der Waals surface area contributed by atoms with Gasteiger partial charge in [-0.25, -0.2) is 0 Å². The molecule has 2 rings (SSSR count). The number of aromatic amines is 1. The zero-order valence-electron chi connectivity index (χ0n) is 7.36. The number of nitrogens with zero attached hydrogens (tertiary/aromatic N) is 2. The van der Waals surface area contributed by atoms with Gasteiger partial charge in [-0.05, 0) is 6.42 Å². The molecule has 1 saturated heterocycles. The number of rotatable bonds is 3. The van der Waals surface area contributed by atoms with Crippen LogP contribution in [0.25, 0.3) is 0 Å². The van der Waals surface area contributed by atoms with Gasteiger partial charge in [0, 0.05) is 25.2 Å². The number of nitrogens with one attached hydrogen (secondary N) is 2. The van der Waals surface area contributed by atoms with E-state index in [1.54, 1.807) is 6.20 Å². The first-order valence-electron chi connectivity index (χ1n) is 4.46. The van der Waals surface area contributed by atoms with E-state index in [9.17, 15) is 0 Å². The molecule has 71 valence electrons. The van der Waals surface area contributed by atoms with Crippen LogP contribution in [-0.4, -0.2) is 41.2 Å². The molecular weight excluding hydrogens is 168 g/mol. The summed E-state index contributed by atoms with van der Waals surface area (Å²) in [6, 6.07) is 0.422. The summed E-state index contributed by atoms with van der Waals surface area (Å²) < 4.78 is 5.33. The molecular formula is C8H13N4O. The monoisotopic (exact) mass is 181 g/mol. The zero-order chi connectivity index (χ0) is 8.93. The molecule has 1 fully saturated rings. The maximum absolute atomic E-state index is 5.33. The fourth-order valence-corrected chi connectivity index (χ4v) is 1.34. The number of morpholine rings is 1. The summed E-state index contributed by atoms with van der Waals surface area (Å²) in [6.45, 7) is 2.55. The largest absolute Gasteiger partial charge is 0.379 e. The summed E-state index contributed by atoms with van der Waals surface area (Å²) >= 11 is 0. The van der Waals surface area contributed by atoms with Gasteiger partial charge >= 0.3 is 0 Å². The molecule has 5 nitrogen and oxygen atoms in total. The first-order valence-corrected chi connectivity index (χ1v) is 4.46. The SMILES string of the molecule is [CH](CC1COCCN1)c1c[nH]nn1. The second-order valence-corrected chi connectivity index (χ2v) is 3.06. The Morgan fingerprint density at radius 3 is 3.38 bits per heavy atom. The highest BCUT2D eigenvalue weighted by atomic mass is 16.5. The molecule has 1 atom stereocenters. The molecule has 1 aliphatic heterocycles. The van der Waals surface area contributed by atoms with Gasteiger partial charge in [-0.3, -0.25) is 5.10 Å². The van der Waals surface area contributed by atoms with Crippen molar-refractivity contribution in [1.29, 1.82) is 0 Å². The van der Waals surface area contributed by atoms with Gasteiger partial charge in [0.25, 0.3) is 0 Å². The normalized spacial score (nSPS) is 23.2. The molecule has 13 heavy (non-hydrogen) atoms. The van der Waals surface area contributed by atoms with Crippen molar-refractivity contribution in [2.45, 2.75) is 12.5 Å². The molecule has 0 bridgehead atoms. The maximum atomic E-state index is 5.33. The van der Waals surface area contributed by atoms with Crippen LogP contribution in [-0.2, 0) is 4.74 Å². The van der Waals surface area contributed by atoms with Gasteiger partial charge in [-0.2, -0.15) is 0 Å². The van der Waals surface area contributed by atoms with Gasteiger partial charge in [-0.1, -0.05) is 5.21 Å². The van der Waals surface area contributed by atoms with E-state index in [-0.39, 0.29) is 0 Å². The van der Waals surface area contributed by atoms with Crippen LogP contribution in [0.4, 0.5) is 0 Å². The van der Waals surface area contributed by atoms with Crippen LogP contribution >= 0.6 is 0 Å². The Balaban J connectivity index is 1.72. The van der Waals surface area contributed by atoms with Gasteiger partial charge in [0.15, 0.2) is 0 Å². The predicted octanol–water partition coefficient (Wildman–Crippen LogP) is -0.264. The van der Waals surface area contributed by atoms with Gasteiger partial charge in [0.1, 0.15) is 0 Å². The van der Waals surface area contributed by atoms with E-state index >= 15 is 0 Å². The van der Waals surface area contributed by atoms with Gasteiger partial charge < -0.3 is 10.1 Å². The Labute approximate surface area is 76.9 Å². The summed E-state index contributed by atoms with van der Waals surface area (Å²) in [6.07, 6.45) is 4.77. The van der Waals surface area contributed by atoms with Crippen molar-refractivity contribution in [3.05, 3.63) is 18.3 Å². The highest BCUT2D eigenvalue weighted by Gasteiger charge is 2.13. The first-order chi connectivity index (χ1) is 6.45. The minimum absolute atomic E-state index is 0.422. The Bertz CT molecular complexity index is 230. The summed E-state index contributed by atoms with van der Waals surface area (Å²) in [5, 5.41) is 13.5. The minimum Gasteiger partial charge on any atom is -0.379 e. The van der Waals surface area contributed by atoms with E-state index in [2.05, 4.69) is 27.1 Å². The summed E-state index contributed by atoms with van der Waals surface area (Å²) in [7, 11) is 0. The van der Waals surface area contributed by atoms with Crippen LogP contribution in [0.5, 0.6) is 0 Å². The summed E-state index contributed by atoms with van der Waals surface area (Å²) in [4.78, 5) is 0. The van der Waals surface area contributed by atoms with Crippen molar-refractivity contribution >= 4 is 0 Å². The molecule has 0 amide bonds. The summed E-state index contributed by atoms with van der Waals surface area (Å²) in [5.74, 6) is 0. The van der Waals surface area contributed by atoms with Crippen LogP contribution in [0.2, 0.25) is 0 Å². The van der Waals surface area contributed by atoms with E-state index in [0.29, 0.717) is 6.04 Å². The first kappa shape index (κ1) is 8.65. The van der Waals surface area contributed by atoms with Crippen LogP contribution in [0.1, 0.15) is 12.1 Å². The van der Waals surface area contributed by atoms with Gasteiger partial charge in [0.2, 0.25) is 0 Å². The molecule has 2 N–H and O–H groups in total. The smallest absolute Gasteiger partial charge is 0.0862 e. The van der Waals surface area contributed by atoms with Crippen LogP contribution in [0, 0.1) is 6.42 Å². The molecule has 1 radical (unpaired) electrons. The molecule has 1 aromatic heterocycles. The van der Waals surface area contributed by atoms with Crippen molar-refractivity contribution in [3.63, 3.8) is 0 Å². The van der Waals surface area contributed by atoms with Crippen molar-refractivity contribution in [1.82, 2.24) is 20.7 Å². The quantitative estimate of drug-likeness (QED) is 0.674. The number of aromatic nitrogens is 3. The highest BCUT2D eigenvalue weighted by molar-refractivity contribution is 5.06. The Morgan fingerprint density at radius 1 is 1.69 bits per heavy atom. The number of ether oxygens (including phenoxy) is 1. The number of hydrogen-bond donors (Lipinski definition) is 2.